The van der Waals surface area contributed by atoms with E-state index in [1.54, 1.807) is 0 Å². The maximum Gasteiger partial charge on any atom is 0.0616 e. The molecule has 1 fully saturated rings. The van der Waals surface area contributed by atoms with Crippen molar-refractivity contribution < 1.29 is 4.74 Å². The number of hydrogen-bond acceptors (Lipinski definition) is 4. The lowest BCUT2D eigenvalue weighted by atomic mass is 9.82. The molecule has 1 aliphatic heterocycles. The summed E-state index contributed by atoms with van der Waals surface area (Å²) in [6, 6.07) is 0. The average molecular weight is 274 g/mol. The second-order valence-electron chi connectivity index (χ2n) is 5.80. The van der Waals surface area contributed by atoms with Crippen molar-refractivity contribution in [2.75, 3.05) is 38.8 Å². The van der Waals surface area contributed by atoms with Gasteiger partial charge in [0.05, 0.1) is 6.10 Å². The lowest BCUT2D eigenvalue weighted by Crippen LogP contribution is -2.58. The molecule has 1 rings (SSSR count). The zero-order chi connectivity index (χ0) is 13.6. The van der Waals surface area contributed by atoms with E-state index < -0.39 is 0 Å². The standard InChI is InChI=1S/C14H30N2OS/c1-12(2)13-10-14(11-15,6-8-17-13)16(3)7-5-9-18-4/h12-13H,5-11,15H2,1-4H3. The summed E-state index contributed by atoms with van der Waals surface area (Å²) in [4.78, 5) is 2.49. The molecule has 3 nitrogen and oxygen atoms in total. The van der Waals surface area contributed by atoms with Crippen molar-refractivity contribution in [3.8, 4) is 0 Å². The van der Waals surface area contributed by atoms with Gasteiger partial charge in [0, 0.05) is 18.7 Å². The molecule has 1 heterocycles. The molecule has 1 saturated heterocycles. The first-order chi connectivity index (χ1) is 8.55. The highest BCUT2D eigenvalue weighted by Crippen LogP contribution is 2.32. The molecule has 1 aliphatic rings. The Kier molecular flexibility index (Phi) is 6.99. The Balaban J connectivity index is 2.59. The normalized spacial score (nSPS) is 29.2. The highest BCUT2D eigenvalue weighted by atomic mass is 32.2. The molecule has 0 saturated carbocycles. The molecule has 2 unspecified atom stereocenters. The van der Waals surface area contributed by atoms with Gasteiger partial charge in [-0.3, -0.25) is 4.90 Å². The minimum absolute atomic E-state index is 0.158. The fourth-order valence-corrected chi connectivity index (χ4v) is 3.15. The van der Waals surface area contributed by atoms with E-state index in [-0.39, 0.29) is 5.54 Å². The summed E-state index contributed by atoms with van der Waals surface area (Å²) >= 11 is 1.92. The van der Waals surface area contributed by atoms with E-state index in [9.17, 15) is 0 Å². The van der Waals surface area contributed by atoms with Gasteiger partial charge in [0.15, 0.2) is 0 Å². The van der Waals surface area contributed by atoms with Crippen molar-refractivity contribution in [2.45, 2.75) is 44.8 Å². The van der Waals surface area contributed by atoms with E-state index in [0.717, 1.165) is 32.5 Å². The Morgan fingerprint density at radius 3 is 2.78 bits per heavy atom. The highest BCUT2D eigenvalue weighted by Gasteiger charge is 2.39. The van der Waals surface area contributed by atoms with E-state index in [4.69, 9.17) is 10.5 Å². The number of nitrogens with zero attached hydrogens (tertiary/aromatic N) is 1. The maximum atomic E-state index is 6.10. The van der Waals surface area contributed by atoms with Crippen molar-refractivity contribution >= 4 is 11.8 Å². The van der Waals surface area contributed by atoms with Crippen LogP contribution < -0.4 is 5.73 Å². The Labute approximate surface area is 117 Å². The van der Waals surface area contributed by atoms with Gasteiger partial charge in [-0.25, -0.2) is 0 Å². The lowest BCUT2D eigenvalue weighted by molar-refractivity contribution is -0.0813. The second kappa shape index (κ2) is 7.73. The predicted octanol–water partition coefficient (Wildman–Crippen LogP) is 2.20. The highest BCUT2D eigenvalue weighted by molar-refractivity contribution is 7.98. The largest absolute Gasteiger partial charge is 0.378 e. The molecule has 0 radical (unpaired) electrons. The first-order valence-electron chi connectivity index (χ1n) is 7.07. The number of ether oxygens (including phenoxy) is 1. The fraction of sp³-hybridized carbons (Fsp3) is 1.00. The third-order valence-corrected chi connectivity index (χ3v) is 4.95. The number of rotatable bonds is 7. The molecule has 0 aromatic carbocycles. The average Bonchev–Trinajstić information content (AvgIpc) is 2.38. The summed E-state index contributed by atoms with van der Waals surface area (Å²) in [5.74, 6) is 1.81. The van der Waals surface area contributed by atoms with Gasteiger partial charge in [0.1, 0.15) is 0 Å². The van der Waals surface area contributed by atoms with Crippen LogP contribution in [0.4, 0.5) is 0 Å². The molecule has 0 spiro atoms. The zero-order valence-corrected chi connectivity index (χ0v) is 13.3. The molecule has 0 bridgehead atoms. The van der Waals surface area contributed by atoms with Gasteiger partial charge in [-0.15, -0.1) is 0 Å². The molecule has 2 N–H and O–H groups in total. The van der Waals surface area contributed by atoms with Crippen molar-refractivity contribution in [1.29, 1.82) is 0 Å². The minimum Gasteiger partial charge on any atom is -0.378 e. The molecule has 108 valence electrons. The smallest absolute Gasteiger partial charge is 0.0616 e. The van der Waals surface area contributed by atoms with Crippen molar-refractivity contribution in [3.63, 3.8) is 0 Å². The van der Waals surface area contributed by atoms with Crippen LogP contribution in [0.15, 0.2) is 0 Å². The summed E-state index contributed by atoms with van der Waals surface area (Å²) in [6.07, 6.45) is 5.93. The molecular weight excluding hydrogens is 244 g/mol. The van der Waals surface area contributed by atoms with Crippen LogP contribution in [0.3, 0.4) is 0 Å². The molecule has 0 aliphatic carbocycles. The van der Waals surface area contributed by atoms with Crippen LogP contribution in [0.5, 0.6) is 0 Å². The molecule has 0 aromatic rings. The number of thioether (sulfide) groups is 1. The van der Waals surface area contributed by atoms with Crippen LogP contribution in [-0.4, -0.2) is 55.3 Å². The molecule has 0 aromatic heterocycles. The minimum atomic E-state index is 0.158. The van der Waals surface area contributed by atoms with E-state index in [1.165, 1.54) is 12.2 Å². The van der Waals surface area contributed by atoms with Gasteiger partial charge in [0.25, 0.3) is 0 Å². The lowest BCUT2D eigenvalue weighted by Gasteiger charge is -2.47. The van der Waals surface area contributed by atoms with Crippen LogP contribution >= 0.6 is 11.8 Å². The number of nitrogens with two attached hydrogens (primary N) is 1. The number of likely N-dealkylation sites (N-methyl/N-ethyl adjacent to an activating group) is 1. The predicted molar refractivity (Wildman–Crippen MR) is 81.2 cm³/mol. The summed E-state index contributed by atoms with van der Waals surface area (Å²) < 4.78 is 5.89. The third-order valence-electron chi connectivity index (χ3n) is 4.26. The Bertz CT molecular complexity index is 238. The van der Waals surface area contributed by atoms with Gasteiger partial charge < -0.3 is 10.5 Å². The van der Waals surface area contributed by atoms with Crippen LogP contribution in [0, 0.1) is 5.92 Å². The first-order valence-corrected chi connectivity index (χ1v) is 8.47. The topological polar surface area (TPSA) is 38.5 Å². The van der Waals surface area contributed by atoms with E-state index >= 15 is 0 Å². The Hall–Kier alpha value is 0.230. The maximum absolute atomic E-state index is 6.10. The molecule has 2 atom stereocenters. The zero-order valence-electron chi connectivity index (χ0n) is 12.4. The van der Waals surface area contributed by atoms with Gasteiger partial charge in [0.2, 0.25) is 0 Å². The quantitative estimate of drug-likeness (QED) is 0.722. The SMILES string of the molecule is CSCCCN(C)C1(CN)CCOC(C(C)C)C1. The van der Waals surface area contributed by atoms with Gasteiger partial charge >= 0.3 is 0 Å². The first kappa shape index (κ1) is 16.3. The van der Waals surface area contributed by atoms with Crippen LogP contribution in [0.25, 0.3) is 0 Å². The van der Waals surface area contributed by atoms with Crippen molar-refractivity contribution in [1.82, 2.24) is 4.90 Å². The molecular formula is C14H30N2OS. The summed E-state index contributed by atoms with van der Waals surface area (Å²) in [6.45, 7) is 7.22. The third kappa shape index (κ3) is 4.12. The Morgan fingerprint density at radius 2 is 2.22 bits per heavy atom. The summed E-state index contributed by atoms with van der Waals surface area (Å²) in [5.41, 5.74) is 6.26. The van der Waals surface area contributed by atoms with Crippen molar-refractivity contribution in [3.05, 3.63) is 0 Å². The molecule has 4 heteroatoms. The fourth-order valence-electron chi connectivity index (χ4n) is 2.74. The summed E-state index contributed by atoms with van der Waals surface area (Å²) in [5, 5.41) is 0. The van der Waals surface area contributed by atoms with E-state index in [0.29, 0.717) is 12.0 Å². The monoisotopic (exact) mass is 274 g/mol. The van der Waals surface area contributed by atoms with Gasteiger partial charge in [-0.1, -0.05) is 13.8 Å². The van der Waals surface area contributed by atoms with Crippen LogP contribution in [0.1, 0.15) is 33.1 Å². The van der Waals surface area contributed by atoms with Gasteiger partial charge in [-0.05, 0) is 50.8 Å². The summed E-state index contributed by atoms with van der Waals surface area (Å²) in [7, 11) is 2.23. The Morgan fingerprint density at radius 1 is 1.50 bits per heavy atom. The van der Waals surface area contributed by atoms with Crippen molar-refractivity contribution in [2.24, 2.45) is 11.7 Å². The van der Waals surface area contributed by atoms with E-state index in [2.05, 4.69) is 32.1 Å². The second-order valence-corrected chi connectivity index (χ2v) is 6.79. The van der Waals surface area contributed by atoms with E-state index in [1.807, 2.05) is 11.8 Å². The van der Waals surface area contributed by atoms with Gasteiger partial charge in [-0.2, -0.15) is 11.8 Å². The molecule has 0 amide bonds. The van der Waals surface area contributed by atoms with Crippen LogP contribution in [-0.2, 0) is 4.74 Å². The number of hydrogen-bond donors (Lipinski definition) is 1. The van der Waals surface area contributed by atoms with Crippen LogP contribution in [0.2, 0.25) is 0 Å². The molecule has 18 heavy (non-hydrogen) atoms.